The Labute approximate surface area is 201 Å². The molecule has 0 spiro atoms. The predicted octanol–water partition coefficient (Wildman–Crippen LogP) is 1.39. The second kappa shape index (κ2) is 10.7. The zero-order valence-corrected chi connectivity index (χ0v) is 19.3. The van der Waals surface area contributed by atoms with Gasteiger partial charge in [0.2, 0.25) is 0 Å². The maximum absolute atomic E-state index is 11.1. The summed E-state index contributed by atoms with van der Waals surface area (Å²) in [5.41, 5.74) is -2.45. The molecule has 15 heteroatoms. The van der Waals surface area contributed by atoms with Gasteiger partial charge >= 0.3 is 48.9 Å². The number of nitro benzene ring substituents is 4. The third-order valence-electron chi connectivity index (χ3n) is 3.29. The summed E-state index contributed by atoms with van der Waals surface area (Å²) >= 11 is 0. The molecule has 2 rings (SSSR count). The standard InChI is InChI=1S/2C7H6N2O5.Ba/c2*1-4-2-5(8(11)12)3-6(7(4)10)9(13)14;/h2*2-3,10H,1H3;/q;;+2/p-2. The summed E-state index contributed by atoms with van der Waals surface area (Å²) in [5, 5.41) is 63.5. The van der Waals surface area contributed by atoms with Crippen LogP contribution in [0.15, 0.2) is 24.3 Å². The van der Waals surface area contributed by atoms with E-state index in [0.29, 0.717) is 12.1 Å². The van der Waals surface area contributed by atoms with Crippen molar-refractivity contribution >= 4 is 71.6 Å². The molecule has 14 nitrogen and oxygen atoms in total. The van der Waals surface area contributed by atoms with E-state index in [2.05, 4.69) is 0 Å². The van der Waals surface area contributed by atoms with Gasteiger partial charge in [0.1, 0.15) is 0 Å². The summed E-state index contributed by atoms with van der Waals surface area (Å²) < 4.78 is 0. The third-order valence-corrected chi connectivity index (χ3v) is 3.29. The quantitative estimate of drug-likeness (QED) is 0.313. The Morgan fingerprint density at radius 1 is 0.586 bits per heavy atom. The van der Waals surface area contributed by atoms with E-state index >= 15 is 0 Å². The van der Waals surface area contributed by atoms with Crippen LogP contribution in [0, 0.1) is 54.3 Å². The molecule has 0 unspecified atom stereocenters. The van der Waals surface area contributed by atoms with Crippen LogP contribution in [-0.4, -0.2) is 68.6 Å². The number of non-ortho nitro benzene ring substituents is 2. The average Bonchev–Trinajstić information content (AvgIpc) is 2.59. The smallest absolute Gasteiger partial charge is 0.868 e. The third kappa shape index (κ3) is 6.65. The zero-order valence-electron chi connectivity index (χ0n) is 14.9. The Balaban J connectivity index is 0.000000523. The Hall–Kier alpha value is -2.79. The van der Waals surface area contributed by atoms with Crippen molar-refractivity contribution in [1.29, 1.82) is 0 Å². The molecule has 29 heavy (non-hydrogen) atoms. The fraction of sp³-hybridized carbons (Fsp3) is 0.143. The first-order chi connectivity index (χ1) is 12.9. The Morgan fingerprint density at radius 3 is 1.07 bits per heavy atom. The van der Waals surface area contributed by atoms with Gasteiger partial charge in [-0.05, 0) is 36.5 Å². The Bertz CT molecular complexity index is 915. The molecule has 0 aromatic heterocycles. The van der Waals surface area contributed by atoms with E-state index in [1.807, 2.05) is 0 Å². The molecule has 0 bridgehead atoms. The van der Waals surface area contributed by atoms with Crippen LogP contribution in [0.5, 0.6) is 11.5 Å². The Kier molecular flexibility index (Phi) is 9.65. The predicted molar refractivity (Wildman–Crippen MR) is 93.6 cm³/mol. The van der Waals surface area contributed by atoms with Crippen molar-refractivity contribution < 1.29 is 29.9 Å². The van der Waals surface area contributed by atoms with Crippen LogP contribution in [-0.2, 0) is 0 Å². The first-order valence-electron chi connectivity index (χ1n) is 7.07. The van der Waals surface area contributed by atoms with E-state index < -0.39 is 53.9 Å². The van der Waals surface area contributed by atoms with Gasteiger partial charge < -0.3 is 10.2 Å². The summed E-state index contributed by atoms with van der Waals surface area (Å²) in [5.74, 6) is -1.58. The molecular weight excluding hydrogens is 522 g/mol. The molecule has 0 fully saturated rings. The summed E-state index contributed by atoms with van der Waals surface area (Å²) in [7, 11) is 0. The van der Waals surface area contributed by atoms with E-state index in [9.17, 15) is 50.7 Å². The summed E-state index contributed by atoms with van der Waals surface area (Å²) in [6, 6.07) is 3.34. The van der Waals surface area contributed by atoms with Gasteiger partial charge in [0.05, 0.1) is 31.8 Å². The zero-order chi connectivity index (χ0) is 21.8. The van der Waals surface area contributed by atoms with Crippen LogP contribution in [0.25, 0.3) is 0 Å². The molecule has 0 radical (unpaired) electrons. The molecule has 2 aromatic rings. The minimum Gasteiger partial charge on any atom is -0.868 e. The molecule has 0 atom stereocenters. The van der Waals surface area contributed by atoms with Crippen molar-refractivity contribution in [3.8, 4) is 11.5 Å². The number of rotatable bonds is 4. The van der Waals surface area contributed by atoms with E-state index in [1.165, 1.54) is 13.8 Å². The van der Waals surface area contributed by atoms with Crippen molar-refractivity contribution in [3.63, 3.8) is 0 Å². The number of hydrogen-bond acceptors (Lipinski definition) is 10. The van der Waals surface area contributed by atoms with E-state index in [1.54, 1.807) is 0 Å². The van der Waals surface area contributed by atoms with Gasteiger partial charge in [0.25, 0.3) is 22.7 Å². The van der Waals surface area contributed by atoms with Crippen LogP contribution in [0.1, 0.15) is 11.1 Å². The first kappa shape index (κ1) is 26.2. The molecule has 0 saturated heterocycles. The molecule has 2 aromatic carbocycles. The molecule has 0 heterocycles. The van der Waals surface area contributed by atoms with Crippen molar-refractivity contribution in [2.45, 2.75) is 13.8 Å². The topological polar surface area (TPSA) is 219 Å². The number of hydrogen-bond donors (Lipinski definition) is 0. The van der Waals surface area contributed by atoms with Gasteiger partial charge in [-0.1, -0.05) is 0 Å². The monoisotopic (exact) mass is 532 g/mol. The molecule has 0 aliphatic carbocycles. The second-order valence-electron chi connectivity index (χ2n) is 5.25. The van der Waals surface area contributed by atoms with Gasteiger partial charge in [-0.25, -0.2) is 0 Å². The molecule has 0 amide bonds. The van der Waals surface area contributed by atoms with Crippen LogP contribution >= 0.6 is 0 Å². The average molecular weight is 532 g/mol. The largest absolute Gasteiger partial charge is 2.00 e. The minimum atomic E-state index is -0.928. The number of aryl methyl sites for hydroxylation is 2. The van der Waals surface area contributed by atoms with Crippen molar-refractivity contribution in [2.24, 2.45) is 0 Å². The maximum Gasteiger partial charge on any atom is 2.00 e. The van der Waals surface area contributed by atoms with E-state index in [4.69, 9.17) is 0 Å². The van der Waals surface area contributed by atoms with Crippen LogP contribution < -0.4 is 10.2 Å². The van der Waals surface area contributed by atoms with Gasteiger partial charge in [-0.15, -0.1) is 0 Å². The maximum atomic E-state index is 11.1. The molecule has 0 saturated carbocycles. The molecule has 0 aliphatic heterocycles. The van der Waals surface area contributed by atoms with Gasteiger partial charge in [0.15, 0.2) is 0 Å². The van der Waals surface area contributed by atoms with Crippen LogP contribution in [0.2, 0.25) is 0 Å². The van der Waals surface area contributed by atoms with Crippen LogP contribution in [0.3, 0.4) is 0 Å². The van der Waals surface area contributed by atoms with Crippen molar-refractivity contribution in [1.82, 2.24) is 0 Å². The second-order valence-corrected chi connectivity index (χ2v) is 5.25. The minimum absolute atomic E-state index is 0. The fourth-order valence-electron chi connectivity index (χ4n) is 1.96. The fourth-order valence-corrected chi connectivity index (χ4v) is 1.96. The molecule has 148 valence electrons. The first-order valence-corrected chi connectivity index (χ1v) is 7.07. The normalized spacial score (nSPS) is 9.45. The van der Waals surface area contributed by atoms with E-state index in [0.717, 1.165) is 12.1 Å². The van der Waals surface area contributed by atoms with Gasteiger partial charge in [-0.3, -0.25) is 40.5 Å². The van der Waals surface area contributed by atoms with Crippen molar-refractivity contribution in [3.05, 3.63) is 75.8 Å². The number of nitrogens with zero attached hydrogens (tertiary/aromatic N) is 4. The summed E-state index contributed by atoms with van der Waals surface area (Å²) in [4.78, 5) is 37.9. The number of nitro groups is 4. The molecule has 0 N–H and O–H groups in total. The molecule has 0 aliphatic rings. The molecular formula is C14H10BaN4O10. The summed E-state index contributed by atoms with van der Waals surface area (Å²) in [6.07, 6.45) is 0. The summed E-state index contributed by atoms with van der Waals surface area (Å²) in [6.45, 7) is 2.59. The SMILES string of the molecule is Cc1cc([N+](=O)[O-])cc([N+](=O)[O-])c1[O-].Cc1cc([N+](=O)[O-])cc([N+](=O)[O-])c1[O-].[Ba+2]. The van der Waals surface area contributed by atoms with Crippen LogP contribution in [0.4, 0.5) is 22.7 Å². The Morgan fingerprint density at radius 2 is 0.862 bits per heavy atom. The number of benzene rings is 2. The van der Waals surface area contributed by atoms with Crippen molar-refractivity contribution in [2.75, 3.05) is 0 Å². The van der Waals surface area contributed by atoms with E-state index in [-0.39, 0.29) is 60.0 Å². The van der Waals surface area contributed by atoms with Gasteiger partial charge in [-0.2, -0.15) is 0 Å². The van der Waals surface area contributed by atoms with Gasteiger partial charge in [0, 0.05) is 12.1 Å².